The lowest BCUT2D eigenvalue weighted by atomic mass is 10.1. The molecule has 0 aliphatic carbocycles. The Morgan fingerprint density at radius 3 is 2.54 bits per heavy atom. The molecule has 0 unspecified atom stereocenters. The minimum Gasteiger partial charge on any atom is -0.313 e. The lowest BCUT2D eigenvalue weighted by Crippen LogP contribution is -2.13. The topological polar surface area (TPSA) is 85.1 Å². The number of anilines is 1. The van der Waals surface area contributed by atoms with Gasteiger partial charge in [-0.05, 0) is 37.6 Å². The molecule has 0 aliphatic rings. The summed E-state index contributed by atoms with van der Waals surface area (Å²) in [5, 5.41) is 15.6. The number of nitro benzene ring substituents is 1. The summed E-state index contributed by atoms with van der Waals surface area (Å²) in [7, 11) is 0. The number of thiophene rings is 1. The van der Waals surface area contributed by atoms with E-state index in [1.54, 1.807) is 23.5 Å². The zero-order valence-electron chi connectivity index (χ0n) is 15.1. The third-order valence-electron chi connectivity index (χ3n) is 4.47. The number of amides is 1. The smallest absolute Gasteiger partial charge is 0.282 e. The van der Waals surface area contributed by atoms with Gasteiger partial charge in [0.2, 0.25) is 0 Å². The van der Waals surface area contributed by atoms with Crippen molar-refractivity contribution in [2.24, 2.45) is 0 Å². The lowest BCUT2D eigenvalue weighted by molar-refractivity contribution is -0.385. The van der Waals surface area contributed by atoms with Crippen molar-refractivity contribution in [3.63, 3.8) is 0 Å². The molecular weight excluding hydrogens is 394 g/mol. The summed E-state index contributed by atoms with van der Waals surface area (Å²) in [6.07, 6.45) is 0. The van der Waals surface area contributed by atoms with Gasteiger partial charge in [0.1, 0.15) is 15.6 Å². The van der Waals surface area contributed by atoms with Crippen LogP contribution in [0.15, 0.2) is 48.5 Å². The van der Waals surface area contributed by atoms with Crippen LogP contribution >= 0.6 is 22.7 Å². The van der Waals surface area contributed by atoms with Crippen LogP contribution in [0.1, 0.15) is 20.8 Å². The number of nitrogens with zero attached hydrogens (tertiary/aromatic N) is 2. The number of thiazole rings is 1. The molecule has 0 fully saturated rings. The SMILES string of the molecule is Cc1sc(NC(=O)c2ccccc2[N+](=O)[O-])c(-c2nc3ccccc3s2)c1C. The number of aryl methyl sites for hydroxylation is 1. The van der Waals surface area contributed by atoms with E-state index in [0.29, 0.717) is 5.00 Å². The van der Waals surface area contributed by atoms with Gasteiger partial charge in [-0.1, -0.05) is 24.3 Å². The molecule has 1 amide bonds. The number of fused-ring (bicyclic) bond motifs is 1. The molecule has 0 spiro atoms. The van der Waals surface area contributed by atoms with E-state index in [1.165, 1.54) is 23.5 Å². The predicted molar refractivity (Wildman–Crippen MR) is 113 cm³/mol. The van der Waals surface area contributed by atoms with Crippen molar-refractivity contribution in [3.05, 3.63) is 74.6 Å². The van der Waals surface area contributed by atoms with Crippen molar-refractivity contribution >= 4 is 49.5 Å². The molecule has 0 radical (unpaired) electrons. The molecule has 140 valence electrons. The molecule has 4 aromatic rings. The van der Waals surface area contributed by atoms with E-state index in [-0.39, 0.29) is 11.3 Å². The van der Waals surface area contributed by atoms with Crippen molar-refractivity contribution in [2.75, 3.05) is 5.32 Å². The monoisotopic (exact) mass is 409 g/mol. The number of carbonyl (C=O) groups is 1. The van der Waals surface area contributed by atoms with Crippen molar-refractivity contribution in [2.45, 2.75) is 13.8 Å². The molecule has 4 rings (SSSR count). The van der Waals surface area contributed by atoms with E-state index >= 15 is 0 Å². The fourth-order valence-electron chi connectivity index (χ4n) is 2.95. The zero-order valence-corrected chi connectivity index (χ0v) is 16.7. The van der Waals surface area contributed by atoms with Gasteiger partial charge in [0, 0.05) is 16.5 Å². The lowest BCUT2D eigenvalue weighted by Gasteiger charge is -2.06. The van der Waals surface area contributed by atoms with Crippen LogP contribution in [0, 0.1) is 24.0 Å². The first-order chi connectivity index (χ1) is 13.5. The average molecular weight is 409 g/mol. The highest BCUT2D eigenvalue weighted by molar-refractivity contribution is 7.22. The largest absolute Gasteiger partial charge is 0.313 e. The van der Waals surface area contributed by atoms with Gasteiger partial charge in [-0.25, -0.2) is 4.98 Å². The van der Waals surface area contributed by atoms with Gasteiger partial charge in [0.25, 0.3) is 11.6 Å². The first-order valence-corrected chi connectivity index (χ1v) is 10.1. The first kappa shape index (κ1) is 18.3. The van der Waals surface area contributed by atoms with Gasteiger partial charge in [-0.15, -0.1) is 22.7 Å². The summed E-state index contributed by atoms with van der Waals surface area (Å²) in [5.74, 6) is -0.504. The molecule has 0 atom stereocenters. The molecule has 2 aromatic carbocycles. The van der Waals surface area contributed by atoms with Gasteiger partial charge < -0.3 is 5.32 Å². The second kappa shape index (κ2) is 7.14. The van der Waals surface area contributed by atoms with Crippen LogP contribution in [0.4, 0.5) is 10.7 Å². The zero-order chi connectivity index (χ0) is 19.8. The Morgan fingerprint density at radius 1 is 1.07 bits per heavy atom. The number of nitro groups is 1. The highest BCUT2D eigenvalue weighted by Crippen LogP contribution is 2.43. The van der Waals surface area contributed by atoms with Gasteiger partial charge in [-0.3, -0.25) is 14.9 Å². The van der Waals surface area contributed by atoms with Gasteiger partial charge in [0.15, 0.2) is 0 Å². The van der Waals surface area contributed by atoms with Gasteiger partial charge in [-0.2, -0.15) is 0 Å². The number of hydrogen-bond acceptors (Lipinski definition) is 6. The number of benzene rings is 2. The maximum absolute atomic E-state index is 12.8. The Bertz CT molecular complexity index is 1190. The summed E-state index contributed by atoms with van der Waals surface area (Å²) < 4.78 is 1.07. The van der Waals surface area contributed by atoms with E-state index in [0.717, 1.165) is 31.2 Å². The number of para-hydroxylation sites is 2. The first-order valence-electron chi connectivity index (χ1n) is 8.46. The molecule has 8 heteroatoms. The summed E-state index contributed by atoms with van der Waals surface area (Å²) in [5.41, 5.74) is 2.64. The molecule has 0 aliphatic heterocycles. The predicted octanol–water partition coefficient (Wildman–Crippen LogP) is 5.80. The van der Waals surface area contributed by atoms with E-state index in [1.807, 2.05) is 38.1 Å². The van der Waals surface area contributed by atoms with Crippen molar-refractivity contribution in [1.29, 1.82) is 0 Å². The number of hydrogen-bond donors (Lipinski definition) is 1. The standard InChI is InChI=1S/C20H15N3O3S2/c1-11-12(2)27-20(17(11)19-21-14-8-4-6-10-16(14)28-19)22-18(24)13-7-3-5-9-15(13)23(25)26/h3-10H,1-2H3,(H,22,24). The molecule has 2 heterocycles. The summed E-state index contributed by atoms with van der Waals surface area (Å²) in [4.78, 5) is 29.3. The quantitative estimate of drug-likeness (QED) is 0.341. The minimum atomic E-state index is -0.547. The second-order valence-electron chi connectivity index (χ2n) is 6.20. The Hall–Kier alpha value is -3.10. The number of nitrogens with one attached hydrogen (secondary N) is 1. The second-order valence-corrected chi connectivity index (χ2v) is 8.46. The van der Waals surface area contributed by atoms with Crippen LogP contribution in [-0.4, -0.2) is 15.8 Å². The fraction of sp³-hybridized carbons (Fsp3) is 0.100. The van der Waals surface area contributed by atoms with Crippen LogP contribution in [0.5, 0.6) is 0 Å². The van der Waals surface area contributed by atoms with Crippen LogP contribution in [0.3, 0.4) is 0 Å². The summed E-state index contributed by atoms with van der Waals surface area (Å²) in [6.45, 7) is 3.98. The van der Waals surface area contributed by atoms with E-state index in [2.05, 4.69) is 5.32 Å². The highest BCUT2D eigenvalue weighted by Gasteiger charge is 2.23. The van der Waals surface area contributed by atoms with Gasteiger partial charge in [0.05, 0.1) is 15.1 Å². The Balaban J connectivity index is 1.77. The fourth-order valence-corrected chi connectivity index (χ4v) is 5.14. The molecule has 0 saturated carbocycles. The van der Waals surface area contributed by atoms with Crippen LogP contribution in [0.2, 0.25) is 0 Å². The number of carbonyl (C=O) groups excluding carboxylic acids is 1. The molecule has 1 N–H and O–H groups in total. The van der Waals surface area contributed by atoms with Gasteiger partial charge >= 0.3 is 0 Å². The Morgan fingerprint density at radius 2 is 1.79 bits per heavy atom. The Kier molecular flexibility index (Phi) is 4.66. The maximum Gasteiger partial charge on any atom is 0.282 e. The molecule has 0 bridgehead atoms. The number of aromatic nitrogens is 1. The van der Waals surface area contributed by atoms with E-state index < -0.39 is 10.8 Å². The molecule has 28 heavy (non-hydrogen) atoms. The van der Waals surface area contributed by atoms with Crippen LogP contribution in [-0.2, 0) is 0 Å². The molecule has 0 saturated heterocycles. The van der Waals surface area contributed by atoms with E-state index in [9.17, 15) is 14.9 Å². The molecule has 6 nitrogen and oxygen atoms in total. The summed E-state index contributed by atoms with van der Waals surface area (Å²) >= 11 is 3.01. The maximum atomic E-state index is 12.8. The van der Waals surface area contributed by atoms with Crippen molar-refractivity contribution in [3.8, 4) is 10.6 Å². The van der Waals surface area contributed by atoms with Crippen molar-refractivity contribution in [1.82, 2.24) is 4.98 Å². The van der Waals surface area contributed by atoms with Crippen LogP contribution in [0.25, 0.3) is 20.8 Å². The normalized spacial score (nSPS) is 10.9. The Labute approximate surface area is 168 Å². The third-order valence-corrected chi connectivity index (χ3v) is 6.64. The average Bonchev–Trinajstić information content (AvgIpc) is 3.22. The van der Waals surface area contributed by atoms with Crippen LogP contribution < -0.4 is 5.32 Å². The minimum absolute atomic E-state index is 0.0338. The summed E-state index contributed by atoms with van der Waals surface area (Å²) in [6, 6.07) is 13.8. The molecular formula is C20H15N3O3S2. The number of rotatable bonds is 4. The third kappa shape index (κ3) is 3.17. The van der Waals surface area contributed by atoms with E-state index in [4.69, 9.17) is 4.98 Å². The highest BCUT2D eigenvalue weighted by atomic mass is 32.1. The van der Waals surface area contributed by atoms with Crippen molar-refractivity contribution < 1.29 is 9.72 Å². The molecule has 2 aromatic heterocycles.